The van der Waals surface area contributed by atoms with E-state index in [4.69, 9.17) is 21.7 Å². The van der Waals surface area contributed by atoms with E-state index in [-0.39, 0.29) is 25.7 Å². The summed E-state index contributed by atoms with van der Waals surface area (Å²) in [6.07, 6.45) is -0.210. The molecule has 0 rings (SSSR count). The molecule has 35 heavy (non-hydrogen) atoms. The van der Waals surface area contributed by atoms with Crippen molar-refractivity contribution in [3.8, 4) is 0 Å². The van der Waals surface area contributed by atoms with Gasteiger partial charge in [-0.05, 0) is 44.6 Å². The van der Waals surface area contributed by atoms with E-state index in [1.54, 1.807) is 13.8 Å². The van der Waals surface area contributed by atoms with Crippen molar-refractivity contribution in [1.29, 1.82) is 0 Å². The molecule has 0 fully saturated rings. The topological polar surface area (TPSA) is 251 Å². The lowest BCUT2D eigenvalue weighted by molar-refractivity contribution is -0.143. The summed E-state index contributed by atoms with van der Waals surface area (Å²) in [5.74, 6) is -6.47. The number of rotatable bonds is 18. The van der Waals surface area contributed by atoms with Crippen molar-refractivity contribution in [3.05, 3.63) is 0 Å². The molecule has 0 aromatic heterocycles. The van der Waals surface area contributed by atoms with E-state index in [0.29, 0.717) is 19.4 Å². The van der Waals surface area contributed by atoms with Crippen LogP contribution in [0.15, 0.2) is 0 Å². The summed E-state index contributed by atoms with van der Waals surface area (Å²) < 4.78 is 0. The lowest BCUT2D eigenvalue weighted by atomic mass is 10.0. The fourth-order valence-corrected chi connectivity index (χ4v) is 3.03. The van der Waals surface area contributed by atoms with Gasteiger partial charge in [-0.25, -0.2) is 4.79 Å². The number of hydrogen-bond donors (Lipinski definition) is 8. The van der Waals surface area contributed by atoms with Gasteiger partial charge < -0.3 is 42.7 Å². The third-order valence-electron chi connectivity index (χ3n) is 5.09. The molecule has 0 saturated carbocycles. The molecule has 0 saturated heterocycles. The van der Waals surface area contributed by atoms with Gasteiger partial charge in [0.2, 0.25) is 17.7 Å². The Morgan fingerprint density at radius 1 is 0.714 bits per heavy atom. The van der Waals surface area contributed by atoms with E-state index in [0.717, 1.165) is 0 Å². The number of nitrogens with one attached hydrogen (secondary N) is 3. The third-order valence-corrected chi connectivity index (χ3v) is 5.09. The molecule has 4 atom stereocenters. The monoisotopic (exact) mass is 503 g/mol. The highest BCUT2D eigenvalue weighted by molar-refractivity contribution is 5.94. The molecule has 0 aromatic carbocycles. The summed E-state index contributed by atoms with van der Waals surface area (Å²) in [5.41, 5.74) is 11.2. The first-order chi connectivity index (χ1) is 16.3. The van der Waals surface area contributed by atoms with E-state index in [9.17, 15) is 33.9 Å². The summed E-state index contributed by atoms with van der Waals surface area (Å²) in [6, 6.07) is -4.90. The molecule has 0 spiro atoms. The number of hydrogen-bond acceptors (Lipinski definition) is 8. The van der Waals surface area contributed by atoms with Crippen molar-refractivity contribution in [2.24, 2.45) is 17.4 Å². The molecule has 4 unspecified atom stereocenters. The number of aliphatic carboxylic acids is 3. The van der Waals surface area contributed by atoms with E-state index >= 15 is 0 Å². The standard InChI is InChI=1S/C21H37N5O9/c1-11(2)17(26-18(31)12(23)6-8-15(27)28)20(33)24-13(5-3-4-10-22)19(32)25-14(21(34)35)7-9-16(29)30/h11-14,17H,3-10,22-23H2,1-2H3,(H,24,33)(H,25,32)(H,26,31)(H,27,28)(H,29,30)(H,34,35). The Kier molecular flexibility index (Phi) is 14.9. The average Bonchev–Trinajstić information content (AvgIpc) is 2.76. The second-order valence-electron chi connectivity index (χ2n) is 8.45. The van der Waals surface area contributed by atoms with Crippen LogP contribution in [0.25, 0.3) is 0 Å². The lowest BCUT2D eigenvalue weighted by Gasteiger charge is -2.27. The van der Waals surface area contributed by atoms with Crippen LogP contribution < -0.4 is 27.4 Å². The zero-order chi connectivity index (χ0) is 27.1. The smallest absolute Gasteiger partial charge is 0.326 e. The normalized spacial score (nSPS) is 14.3. The Balaban J connectivity index is 5.43. The van der Waals surface area contributed by atoms with Crippen molar-refractivity contribution in [2.45, 2.75) is 83.0 Å². The quantitative estimate of drug-likeness (QED) is 0.0985. The van der Waals surface area contributed by atoms with E-state index in [2.05, 4.69) is 16.0 Å². The predicted octanol–water partition coefficient (Wildman–Crippen LogP) is -1.63. The molecule has 0 aliphatic carbocycles. The lowest BCUT2D eigenvalue weighted by Crippen LogP contribution is -2.58. The minimum absolute atomic E-state index is 0.122. The van der Waals surface area contributed by atoms with Crippen LogP contribution in [0.1, 0.15) is 58.8 Å². The highest BCUT2D eigenvalue weighted by Gasteiger charge is 2.31. The van der Waals surface area contributed by atoms with Crippen molar-refractivity contribution >= 4 is 35.6 Å². The van der Waals surface area contributed by atoms with Gasteiger partial charge in [0.25, 0.3) is 0 Å². The predicted molar refractivity (Wildman–Crippen MR) is 123 cm³/mol. The fraction of sp³-hybridized carbons (Fsp3) is 0.714. The maximum atomic E-state index is 12.9. The minimum atomic E-state index is -1.47. The Bertz CT molecular complexity index is 759. The average molecular weight is 504 g/mol. The van der Waals surface area contributed by atoms with Gasteiger partial charge in [-0.3, -0.25) is 24.0 Å². The molecule has 200 valence electrons. The number of carbonyl (C=O) groups is 6. The van der Waals surface area contributed by atoms with E-state index in [1.807, 2.05) is 0 Å². The molecule has 0 aliphatic heterocycles. The molecule has 3 amide bonds. The minimum Gasteiger partial charge on any atom is -0.481 e. The Morgan fingerprint density at radius 2 is 1.26 bits per heavy atom. The van der Waals surface area contributed by atoms with Crippen LogP contribution in [0, 0.1) is 5.92 Å². The van der Waals surface area contributed by atoms with Gasteiger partial charge in [0, 0.05) is 12.8 Å². The number of nitrogens with two attached hydrogens (primary N) is 2. The zero-order valence-electron chi connectivity index (χ0n) is 20.0. The molecule has 0 radical (unpaired) electrons. The molecular weight excluding hydrogens is 466 g/mol. The zero-order valence-corrected chi connectivity index (χ0v) is 20.0. The molecule has 0 aromatic rings. The van der Waals surface area contributed by atoms with Gasteiger partial charge in [0.1, 0.15) is 18.1 Å². The van der Waals surface area contributed by atoms with Gasteiger partial charge >= 0.3 is 17.9 Å². The van der Waals surface area contributed by atoms with Crippen molar-refractivity contribution in [2.75, 3.05) is 6.54 Å². The Labute approximate surface area is 203 Å². The van der Waals surface area contributed by atoms with Crippen molar-refractivity contribution in [1.82, 2.24) is 16.0 Å². The number of carboxylic acids is 3. The van der Waals surface area contributed by atoms with Gasteiger partial charge in [-0.15, -0.1) is 0 Å². The molecule has 14 nitrogen and oxygen atoms in total. The largest absolute Gasteiger partial charge is 0.481 e. The number of amides is 3. The van der Waals surface area contributed by atoms with Gasteiger partial charge in [-0.1, -0.05) is 13.8 Å². The summed E-state index contributed by atoms with van der Waals surface area (Å²) in [5, 5.41) is 34.0. The van der Waals surface area contributed by atoms with Gasteiger partial charge in [0.05, 0.1) is 6.04 Å². The summed E-state index contributed by atoms with van der Waals surface area (Å²) in [4.78, 5) is 70.9. The van der Waals surface area contributed by atoms with Crippen molar-refractivity contribution < 1.29 is 44.1 Å². The molecular formula is C21H37N5O9. The first kappa shape index (κ1) is 31.7. The Morgan fingerprint density at radius 3 is 1.74 bits per heavy atom. The van der Waals surface area contributed by atoms with E-state index < -0.39 is 72.1 Å². The SMILES string of the molecule is CC(C)C(NC(=O)C(N)CCC(=O)O)C(=O)NC(CCCCN)C(=O)NC(CCC(=O)O)C(=O)O. The highest BCUT2D eigenvalue weighted by atomic mass is 16.4. The first-order valence-electron chi connectivity index (χ1n) is 11.3. The van der Waals surface area contributed by atoms with Crippen LogP contribution in [0.4, 0.5) is 0 Å². The number of carboxylic acid groups (broad SMARTS) is 3. The van der Waals surface area contributed by atoms with Crippen LogP contribution in [0.5, 0.6) is 0 Å². The molecule has 10 N–H and O–H groups in total. The molecule has 0 bridgehead atoms. The summed E-state index contributed by atoms with van der Waals surface area (Å²) >= 11 is 0. The van der Waals surface area contributed by atoms with Gasteiger partial charge in [-0.2, -0.15) is 0 Å². The first-order valence-corrected chi connectivity index (χ1v) is 11.3. The molecule has 0 aliphatic rings. The highest BCUT2D eigenvalue weighted by Crippen LogP contribution is 2.08. The maximum Gasteiger partial charge on any atom is 0.326 e. The second-order valence-corrected chi connectivity index (χ2v) is 8.45. The third kappa shape index (κ3) is 13.3. The maximum absolute atomic E-state index is 12.9. The second kappa shape index (κ2) is 16.4. The van der Waals surface area contributed by atoms with Crippen LogP contribution in [0.3, 0.4) is 0 Å². The van der Waals surface area contributed by atoms with Crippen LogP contribution in [-0.4, -0.2) is 81.7 Å². The summed E-state index contributed by atoms with van der Waals surface area (Å²) in [6.45, 7) is 3.61. The fourth-order valence-electron chi connectivity index (χ4n) is 3.03. The van der Waals surface area contributed by atoms with Crippen molar-refractivity contribution in [3.63, 3.8) is 0 Å². The number of unbranched alkanes of at least 4 members (excludes halogenated alkanes) is 1. The van der Waals surface area contributed by atoms with Crippen LogP contribution >= 0.6 is 0 Å². The molecule has 0 heterocycles. The summed E-state index contributed by atoms with van der Waals surface area (Å²) in [7, 11) is 0. The van der Waals surface area contributed by atoms with Gasteiger partial charge in [0.15, 0.2) is 0 Å². The Hall–Kier alpha value is -3.26. The number of carbonyl (C=O) groups excluding carboxylic acids is 3. The van der Waals surface area contributed by atoms with Crippen LogP contribution in [0.2, 0.25) is 0 Å². The van der Waals surface area contributed by atoms with Crippen LogP contribution in [-0.2, 0) is 28.8 Å². The molecule has 14 heteroatoms. The van der Waals surface area contributed by atoms with E-state index in [1.165, 1.54) is 0 Å².